The number of aromatic nitrogens is 1. The molecule has 2 aliphatic heterocycles. The van der Waals surface area contributed by atoms with E-state index in [-0.39, 0.29) is 17.4 Å². The molecule has 2 aromatic carbocycles. The largest absolute Gasteiger partial charge is 0.341 e. The maximum absolute atomic E-state index is 13.1. The van der Waals surface area contributed by atoms with Crippen LogP contribution in [0.5, 0.6) is 0 Å². The number of piperidine rings is 1. The van der Waals surface area contributed by atoms with E-state index in [2.05, 4.69) is 5.32 Å². The van der Waals surface area contributed by atoms with E-state index in [9.17, 15) is 23.6 Å². The van der Waals surface area contributed by atoms with Crippen molar-refractivity contribution in [1.82, 2.24) is 14.4 Å². The van der Waals surface area contributed by atoms with Crippen molar-refractivity contribution in [3.05, 3.63) is 71.0 Å². The van der Waals surface area contributed by atoms with Gasteiger partial charge in [-0.1, -0.05) is 18.2 Å². The lowest BCUT2D eigenvalue weighted by Crippen LogP contribution is -2.37. The molecule has 1 N–H and O–H groups in total. The minimum Gasteiger partial charge on any atom is -0.341 e. The molecule has 4 amide bonds. The summed E-state index contributed by atoms with van der Waals surface area (Å²) in [6.07, 6.45) is 6.63. The molecular formula is C27H25FN4O4S. The molecule has 0 atom stereocenters. The first-order valence-corrected chi connectivity index (χ1v) is 12.9. The van der Waals surface area contributed by atoms with Crippen LogP contribution >= 0.6 is 11.8 Å². The third-order valence-electron chi connectivity index (χ3n) is 6.42. The highest BCUT2D eigenvalue weighted by molar-refractivity contribution is 8.18. The molecule has 0 bridgehead atoms. The maximum Gasteiger partial charge on any atom is 0.294 e. The van der Waals surface area contributed by atoms with Crippen LogP contribution in [0, 0.1) is 5.82 Å². The van der Waals surface area contributed by atoms with E-state index in [4.69, 9.17) is 0 Å². The molecule has 5 rings (SSSR count). The molecule has 0 unspecified atom stereocenters. The first-order valence-electron chi connectivity index (χ1n) is 12.1. The fourth-order valence-corrected chi connectivity index (χ4v) is 5.39. The molecule has 0 saturated carbocycles. The van der Waals surface area contributed by atoms with E-state index in [1.165, 1.54) is 24.3 Å². The summed E-state index contributed by atoms with van der Waals surface area (Å²) in [4.78, 5) is 53.8. The first-order chi connectivity index (χ1) is 17.9. The summed E-state index contributed by atoms with van der Waals surface area (Å²) < 4.78 is 15.0. The fraction of sp³-hybridized carbons (Fsp3) is 0.259. The van der Waals surface area contributed by atoms with Crippen molar-refractivity contribution in [2.24, 2.45) is 0 Å². The molecule has 0 radical (unpaired) electrons. The van der Waals surface area contributed by atoms with Gasteiger partial charge in [-0.25, -0.2) is 4.39 Å². The Labute approximate surface area is 217 Å². The Morgan fingerprint density at radius 3 is 2.46 bits per heavy atom. The van der Waals surface area contributed by atoms with Gasteiger partial charge in [0.25, 0.3) is 11.1 Å². The normalized spacial score (nSPS) is 17.2. The molecule has 0 spiro atoms. The lowest BCUT2D eigenvalue weighted by Gasteiger charge is -2.27. The molecule has 8 nitrogen and oxygen atoms in total. The third-order valence-corrected chi connectivity index (χ3v) is 7.33. The Morgan fingerprint density at radius 2 is 1.70 bits per heavy atom. The number of hydrogen-bond acceptors (Lipinski definition) is 5. The molecule has 2 fully saturated rings. The van der Waals surface area contributed by atoms with E-state index < -0.39 is 29.4 Å². The van der Waals surface area contributed by atoms with Gasteiger partial charge in [0.1, 0.15) is 18.9 Å². The zero-order valence-corrected chi connectivity index (χ0v) is 20.8. The van der Waals surface area contributed by atoms with E-state index in [0.717, 1.165) is 59.9 Å². The van der Waals surface area contributed by atoms with Crippen LogP contribution in [-0.2, 0) is 20.9 Å². The second-order valence-electron chi connectivity index (χ2n) is 8.99. The van der Waals surface area contributed by atoms with Gasteiger partial charge in [0.05, 0.1) is 4.91 Å². The number of halogens is 1. The number of nitrogens with one attached hydrogen (secondary N) is 1. The van der Waals surface area contributed by atoms with Crippen LogP contribution in [0.1, 0.15) is 24.8 Å². The van der Waals surface area contributed by atoms with Gasteiger partial charge in [0, 0.05) is 41.4 Å². The van der Waals surface area contributed by atoms with Crippen LogP contribution in [0.4, 0.5) is 14.9 Å². The SMILES string of the molecule is O=C(CN1C(=O)S/C(=C\c2cn(CC(=O)N3CCCCC3)c3ccccc23)C1=O)Nc1ccc(F)cc1. The summed E-state index contributed by atoms with van der Waals surface area (Å²) in [7, 11) is 0. The summed E-state index contributed by atoms with van der Waals surface area (Å²) in [5.41, 5.74) is 1.93. The van der Waals surface area contributed by atoms with Crippen molar-refractivity contribution in [3.8, 4) is 0 Å². The highest BCUT2D eigenvalue weighted by atomic mass is 32.2. The molecule has 3 aromatic rings. The average molecular weight is 521 g/mol. The van der Waals surface area contributed by atoms with Crippen LogP contribution in [0.3, 0.4) is 0 Å². The second-order valence-corrected chi connectivity index (χ2v) is 9.99. The number of likely N-dealkylation sites (tertiary alicyclic amines) is 1. The summed E-state index contributed by atoms with van der Waals surface area (Å²) in [6.45, 7) is 1.28. The van der Waals surface area contributed by atoms with Crippen molar-refractivity contribution < 1.29 is 23.6 Å². The van der Waals surface area contributed by atoms with Crippen molar-refractivity contribution in [2.45, 2.75) is 25.8 Å². The predicted octanol–water partition coefficient (Wildman–Crippen LogP) is 4.47. The van der Waals surface area contributed by atoms with Crippen LogP contribution in [0.2, 0.25) is 0 Å². The van der Waals surface area contributed by atoms with Gasteiger partial charge in [-0.2, -0.15) is 0 Å². The van der Waals surface area contributed by atoms with Crippen LogP contribution < -0.4 is 5.32 Å². The number of fused-ring (bicyclic) bond motifs is 1. The number of imide groups is 1. The van der Waals surface area contributed by atoms with Crippen LogP contribution in [0.25, 0.3) is 17.0 Å². The number of anilines is 1. The molecule has 1 aromatic heterocycles. The number of hydrogen-bond donors (Lipinski definition) is 1. The van der Waals surface area contributed by atoms with Gasteiger partial charge < -0.3 is 14.8 Å². The lowest BCUT2D eigenvalue weighted by atomic mass is 10.1. The Kier molecular flexibility index (Phi) is 7.09. The smallest absolute Gasteiger partial charge is 0.294 e. The quantitative estimate of drug-likeness (QED) is 0.485. The molecule has 190 valence electrons. The molecule has 10 heteroatoms. The first kappa shape index (κ1) is 24.8. The van der Waals surface area contributed by atoms with Gasteiger partial charge >= 0.3 is 0 Å². The highest BCUT2D eigenvalue weighted by Crippen LogP contribution is 2.34. The van der Waals surface area contributed by atoms with Crippen molar-refractivity contribution >= 4 is 57.4 Å². The molecule has 3 heterocycles. The summed E-state index contributed by atoms with van der Waals surface area (Å²) in [5, 5.41) is 2.86. The number of thioether (sulfide) groups is 1. The topological polar surface area (TPSA) is 91.7 Å². The summed E-state index contributed by atoms with van der Waals surface area (Å²) >= 11 is 0.766. The number of para-hydroxylation sites is 1. The van der Waals surface area contributed by atoms with E-state index in [1.807, 2.05) is 39.9 Å². The number of amides is 4. The van der Waals surface area contributed by atoms with Crippen molar-refractivity contribution in [3.63, 3.8) is 0 Å². The Hall–Kier alpha value is -3.92. The van der Waals surface area contributed by atoms with Gasteiger partial charge in [0.2, 0.25) is 11.8 Å². The lowest BCUT2D eigenvalue weighted by molar-refractivity contribution is -0.132. The van der Waals surface area contributed by atoms with E-state index in [0.29, 0.717) is 11.3 Å². The summed E-state index contributed by atoms with van der Waals surface area (Å²) in [6, 6.07) is 12.8. The molecule has 2 saturated heterocycles. The number of rotatable bonds is 6. The van der Waals surface area contributed by atoms with Gasteiger partial charge in [-0.3, -0.25) is 24.1 Å². The van der Waals surface area contributed by atoms with Crippen LogP contribution in [0.15, 0.2) is 59.6 Å². The number of carbonyl (C=O) groups excluding carboxylic acids is 4. The Balaban J connectivity index is 1.33. The zero-order chi connectivity index (χ0) is 25.9. The number of nitrogens with zero attached hydrogens (tertiary/aromatic N) is 3. The van der Waals surface area contributed by atoms with Gasteiger partial charge in [0.15, 0.2) is 0 Å². The minimum absolute atomic E-state index is 0.0551. The number of carbonyl (C=O) groups is 4. The average Bonchev–Trinajstić information content (AvgIpc) is 3.37. The number of benzene rings is 2. The Bertz CT molecular complexity index is 1410. The molecule has 37 heavy (non-hydrogen) atoms. The second kappa shape index (κ2) is 10.6. The van der Waals surface area contributed by atoms with E-state index in [1.54, 1.807) is 6.08 Å². The third kappa shape index (κ3) is 5.43. The predicted molar refractivity (Wildman–Crippen MR) is 140 cm³/mol. The highest BCUT2D eigenvalue weighted by Gasteiger charge is 2.36. The molecular weight excluding hydrogens is 495 g/mol. The Morgan fingerprint density at radius 1 is 0.973 bits per heavy atom. The van der Waals surface area contributed by atoms with Crippen molar-refractivity contribution in [2.75, 3.05) is 25.0 Å². The maximum atomic E-state index is 13.1. The monoisotopic (exact) mass is 520 g/mol. The van der Waals surface area contributed by atoms with Crippen LogP contribution in [-0.4, -0.2) is 57.0 Å². The fourth-order valence-electron chi connectivity index (χ4n) is 4.56. The van der Waals surface area contributed by atoms with E-state index >= 15 is 0 Å². The van der Waals surface area contributed by atoms with Gasteiger partial charge in [-0.05, 0) is 67.4 Å². The standard InChI is InChI=1S/C27H25FN4O4S/c28-19-8-10-20(11-9-19)29-24(33)16-32-26(35)23(37-27(32)36)14-18-15-31(22-7-3-2-6-21(18)22)17-25(34)30-12-4-1-5-13-30/h2-3,6-11,14-15H,1,4-5,12-13,16-17H2,(H,29,33)/b23-14-. The minimum atomic E-state index is -0.567. The van der Waals surface area contributed by atoms with Gasteiger partial charge in [-0.15, -0.1) is 0 Å². The molecule has 2 aliphatic rings. The zero-order valence-electron chi connectivity index (χ0n) is 20.0. The summed E-state index contributed by atoms with van der Waals surface area (Å²) in [5.74, 6) is -1.51. The molecule has 0 aliphatic carbocycles. The van der Waals surface area contributed by atoms with Crippen molar-refractivity contribution in [1.29, 1.82) is 0 Å².